The molecule has 0 saturated heterocycles. The summed E-state index contributed by atoms with van der Waals surface area (Å²) in [5.74, 6) is 0.334. The predicted molar refractivity (Wildman–Crippen MR) is 93.4 cm³/mol. The van der Waals surface area contributed by atoms with Crippen LogP contribution in [-0.4, -0.2) is 13.0 Å². The Morgan fingerprint density at radius 3 is 1.91 bits per heavy atom. The number of hydrogen-bond acceptors (Lipinski definition) is 2. The summed E-state index contributed by atoms with van der Waals surface area (Å²) in [6.45, 7) is 4.32. The first-order valence-electron chi connectivity index (χ1n) is 8.05. The monoisotopic (exact) mass is 332 g/mol. The molecule has 0 aromatic heterocycles. The van der Waals surface area contributed by atoms with Crippen molar-refractivity contribution in [3.8, 4) is 0 Å². The first kappa shape index (κ1) is 17.7. The molecule has 2 rings (SSSR count). The lowest BCUT2D eigenvalue weighted by Gasteiger charge is -2.12. The van der Waals surface area contributed by atoms with Gasteiger partial charge in [-0.15, -0.1) is 0 Å². The molecule has 1 unspecified atom stereocenters. The normalized spacial score (nSPS) is 13.0. The standard InChI is InChI=1S/C19H24O3S/c1-3-4-16-7-9-17(10-8-16)6-5-15(2)18-11-13-19(14-12-18)23(20,21)22/h7-15H,3-6H2,1-2H3,(H,20,21,22). The zero-order chi connectivity index (χ0) is 16.9. The van der Waals surface area contributed by atoms with Crippen LogP contribution in [0.3, 0.4) is 0 Å². The highest BCUT2D eigenvalue weighted by atomic mass is 32.2. The van der Waals surface area contributed by atoms with E-state index in [1.165, 1.54) is 23.3 Å². The molecule has 0 bridgehead atoms. The maximum Gasteiger partial charge on any atom is 0.294 e. The molecule has 0 radical (unpaired) electrons. The van der Waals surface area contributed by atoms with E-state index >= 15 is 0 Å². The summed E-state index contributed by atoms with van der Waals surface area (Å²) >= 11 is 0. The van der Waals surface area contributed by atoms with Crippen molar-refractivity contribution in [3.05, 3.63) is 65.2 Å². The minimum absolute atomic E-state index is 0.0556. The van der Waals surface area contributed by atoms with Crippen molar-refractivity contribution in [1.82, 2.24) is 0 Å². The number of aryl methyl sites for hydroxylation is 2. The van der Waals surface area contributed by atoms with E-state index in [2.05, 4.69) is 38.1 Å². The topological polar surface area (TPSA) is 54.4 Å². The van der Waals surface area contributed by atoms with Gasteiger partial charge in [0, 0.05) is 0 Å². The van der Waals surface area contributed by atoms with Crippen molar-refractivity contribution in [2.24, 2.45) is 0 Å². The quantitative estimate of drug-likeness (QED) is 0.753. The smallest absolute Gasteiger partial charge is 0.282 e. The fourth-order valence-electron chi connectivity index (χ4n) is 2.68. The van der Waals surface area contributed by atoms with Gasteiger partial charge in [-0.2, -0.15) is 8.42 Å². The van der Waals surface area contributed by atoms with Crippen LogP contribution in [0.25, 0.3) is 0 Å². The molecule has 4 heteroatoms. The fourth-order valence-corrected chi connectivity index (χ4v) is 3.16. The lowest BCUT2D eigenvalue weighted by Crippen LogP contribution is -2.00. The van der Waals surface area contributed by atoms with Crippen molar-refractivity contribution in [3.63, 3.8) is 0 Å². The SMILES string of the molecule is CCCc1ccc(CCC(C)c2ccc(S(=O)(=O)O)cc2)cc1. The van der Waals surface area contributed by atoms with Crippen LogP contribution in [0, 0.1) is 0 Å². The van der Waals surface area contributed by atoms with E-state index in [4.69, 9.17) is 4.55 Å². The second kappa shape index (κ2) is 7.75. The Bertz CT molecular complexity index is 716. The van der Waals surface area contributed by atoms with Crippen LogP contribution in [0.4, 0.5) is 0 Å². The molecule has 0 aliphatic rings. The summed E-state index contributed by atoms with van der Waals surface area (Å²) in [6, 6.07) is 15.3. The van der Waals surface area contributed by atoms with Gasteiger partial charge in [0.15, 0.2) is 0 Å². The van der Waals surface area contributed by atoms with Crippen LogP contribution >= 0.6 is 0 Å². The molecule has 1 atom stereocenters. The van der Waals surface area contributed by atoms with Crippen LogP contribution in [0.5, 0.6) is 0 Å². The Morgan fingerprint density at radius 2 is 1.43 bits per heavy atom. The second-order valence-electron chi connectivity index (χ2n) is 6.05. The van der Waals surface area contributed by atoms with Gasteiger partial charge in [-0.05, 0) is 54.0 Å². The summed E-state index contributed by atoms with van der Waals surface area (Å²) in [4.78, 5) is -0.0556. The molecular weight excluding hydrogens is 308 g/mol. The van der Waals surface area contributed by atoms with Gasteiger partial charge >= 0.3 is 0 Å². The largest absolute Gasteiger partial charge is 0.294 e. The lowest BCUT2D eigenvalue weighted by molar-refractivity contribution is 0.483. The summed E-state index contributed by atoms with van der Waals surface area (Å²) in [5, 5.41) is 0. The predicted octanol–water partition coefficient (Wildman–Crippen LogP) is 4.62. The molecule has 23 heavy (non-hydrogen) atoms. The third-order valence-electron chi connectivity index (χ3n) is 4.17. The van der Waals surface area contributed by atoms with Crippen LogP contribution < -0.4 is 0 Å². The van der Waals surface area contributed by atoms with Gasteiger partial charge in [0.05, 0.1) is 4.90 Å². The van der Waals surface area contributed by atoms with Gasteiger partial charge in [-0.1, -0.05) is 56.7 Å². The van der Waals surface area contributed by atoms with Gasteiger partial charge in [0.25, 0.3) is 10.1 Å². The highest BCUT2D eigenvalue weighted by Crippen LogP contribution is 2.23. The summed E-state index contributed by atoms with van der Waals surface area (Å²) in [5.41, 5.74) is 3.79. The van der Waals surface area contributed by atoms with Crippen molar-refractivity contribution >= 4 is 10.1 Å². The zero-order valence-electron chi connectivity index (χ0n) is 13.7. The van der Waals surface area contributed by atoms with Crippen molar-refractivity contribution in [2.75, 3.05) is 0 Å². The summed E-state index contributed by atoms with van der Waals surface area (Å²) in [6.07, 6.45) is 4.28. The summed E-state index contributed by atoms with van der Waals surface area (Å²) in [7, 11) is -4.11. The molecule has 3 nitrogen and oxygen atoms in total. The number of rotatable bonds is 7. The van der Waals surface area contributed by atoms with Crippen molar-refractivity contribution in [2.45, 2.75) is 50.3 Å². The van der Waals surface area contributed by atoms with Crippen LogP contribution in [0.2, 0.25) is 0 Å². The molecule has 2 aromatic carbocycles. The molecule has 0 heterocycles. The Labute approximate surface area is 139 Å². The first-order valence-corrected chi connectivity index (χ1v) is 9.49. The van der Waals surface area contributed by atoms with Gasteiger partial charge in [-0.3, -0.25) is 4.55 Å². The molecular formula is C19H24O3S. The molecule has 0 spiro atoms. The van der Waals surface area contributed by atoms with E-state index in [1.807, 2.05) is 0 Å². The van der Waals surface area contributed by atoms with E-state index in [0.717, 1.165) is 31.2 Å². The summed E-state index contributed by atoms with van der Waals surface area (Å²) < 4.78 is 31.1. The highest BCUT2D eigenvalue weighted by Gasteiger charge is 2.11. The molecule has 0 fully saturated rings. The minimum Gasteiger partial charge on any atom is -0.282 e. The second-order valence-corrected chi connectivity index (χ2v) is 7.47. The van der Waals surface area contributed by atoms with Crippen molar-refractivity contribution in [1.29, 1.82) is 0 Å². The fraction of sp³-hybridized carbons (Fsp3) is 0.368. The Balaban J connectivity index is 1.95. The average Bonchev–Trinajstić information content (AvgIpc) is 2.53. The first-order chi connectivity index (χ1) is 10.9. The van der Waals surface area contributed by atoms with Crippen LogP contribution in [-0.2, 0) is 23.0 Å². The molecule has 0 amide bonds. The molecule has 0 aliphatic heterocycles. The third-order valence-corrected chi connectivity index (χ3v) is 5.04. The van der Waals surface area contributed by atoms with Gasteiger partial charge in [0.1, 0.15) is 0 Å². The maximum atomic E-state index is 11.1. The Kier molecular flexibility index (Phi) is 5.97. The molecule has 0 aliphatic carbocycles. The Morgan fingerprint density at radius 1 is 0.913 bits per heavy atom. The van der Waals surface area contributed by atoms with E-state index in [-0.39, 0.29) is 4.90 Å². The van der Waals surface area contributed by atoms with E-state index in [9.17, 15) is 8.42 Å². The molecule has 0 saturated carbocycles. The van der Waals surface area contributed by atoms with E-state index in [0.29, 0.717) is 5.92 Å². The highest BCUT2D eigenvalue weighted by molar-refractivity contribution is 7.85. The number of benzene rings is 2. The van der Waals surface area contributed by atoms with Crippen molar-refractivity contribution < 1.29 is 13.0 Å². The molecule has 1 N–H and O–H groups in total. The van der Waals surface area contributed by atoms with Gasteiger partial charge in [0.2, 0.25) is 0 Å². The van der Waals surface area contributed by atoms with E-state index < -0.39 is 10.1 Å². The Hall–Kier alpha value is -1.65. The van der Waals surface area contributed by atoms with Crippen LogP contribution in [0.15, 0.2) is 53.4 Å². The molecule has 2 aromatic rings. The number of hydrogen-bond donors (Lipinski definition) is 1. The van der Waals surface area contributed by atoms with Gasteiger partial charge in [-0.25, -0.2) is 0 Å². The van der Waals surface area contributed by atoms with Crippen LogP contribution in [0.1, 0.15) is 49.3 Å². The zero-order valence-corrected chi connectivity index (χ0v) is 14.5. The lowest BCUT2D eigenvalue weighted by atomic mass is 9.94. The third kappa shape index (κ3) is 5.19. The van der Waals surface area contributed by atoms with E-state index in [1.54, 1.807) is 12.1 Å². The average molecular weight is 332 g/mol. The van der Waals surface area contributed by atoms with Gasteiger partial charge < -0.3 is 0 Å². The maximum absolute atomic E-state index is 11.1. The minimum atomic E-state index is -4.11. The molecule has 124 valence electrons.